The van der Waals surface area contributed by atoms with Gasteiger partial charge in [0.05, 0.1) is 29.5 Å². The molecule has 9 heteroatoms. The summed E-state index contributed by atoms with van der Waals surface area (Å²) in [5.74, 6) is -3.84. The third-order valence-corrected chi connectivity index (χ3v) is 4.50. The Balaban J connectivity index is 2.24. The van der Waals surface area contributed by atoms with Gasteiger partial charge in [0, 0.05) is 6.07 Å². The lowest BCUT2D eigenvalue weighted by Crippen LogP contribution is -2.20. The van der Waals surface area contributed by atoms with Crippen LogP contribution in [0.5, 0.6) is 0 Å². The molecule has 0 spiro atoms. The van der Waals surface area contributed by atoms with Gasteiger partial charge in [-0.05, 0) is 17.5 Å². The SMILES string of the molecule is CC1(C)[C@H](C(=O)O)[C@@H]1C(=O)Nc1ccc(F)cc1NS(C)(=O)=O. The zero-order chi connectivity index (χ0) is 17.6. The molecule has 1 amide bonds. The van der Waals surface area contributed by atoms with Crippen LogP contribution in [0.25, 0.3) is 0 Å². The molecule has 0 saturated heterocycles. The lowest BCUT2D eigenvalue weighted by Gasteiger charge is -2.12. The molecular weight excluding hydrogens is 327 g/mol. The number of carboxylic acids is 1. The van der Waals surface area contributed by atoms with Gasteiger partial charge in [-0.1, -0.05) is 13.8 Å². The topological polar surface area (TPSA) is 113 Å². The highest BCUT2D eigenvalue weighted by molar-refractivity contribution is 7.92. The van der Waals surface area contributed by atoms with Crippen LogP contribution >= 0.6 is 0 Å². The Kier molecular flexibility index (Phi) is 4.10. The summed E-state index contributed by atoms with van der Waals surface area (Å²) in [7, 11) is -3.67. The summed E-state index contributed by atoms with van der Waals surface area (Å²) < 4.78 is 38.0. The average molecular weight is 344 g/mol. The van der Waals surface area contributed by atoms with Gasteiger partial charge >= 0.3 is 5.97 Å². The fourth-order valence-electron chi connectivity index (χ4n) is 2.71. The third kappa shape index (κ3) is 3.61. The second-order valence-electron chi connectivity index (χ2n) is 6.17. The molecule has 1 aliphatic carbocycles. The van der Waals surface area contributed by atoms with Gasteiger partial charge in [-0.3, -0.25) is 14.3 Å². The van der Waals surface area contributed by atoms with E-state index in [1.54, 1.807) is 13.8 Å². The molecule has 7 nitrogen and oxygen atoms in total. The van der Waals surface area contributed by atoms with Gasteiger partial charge in [-0.15, -0.1) is 0 Å². The second-order valence-corrected chi connectivity index (χ2v) is 7.92. The van der Waals surface area contributed by atoms with Crippen molar-refractivity contribution >= 4 is 33.3 Å². The van der Waals surface area contributed by atoms with Crippen LogP contribution in [0.15, 0.2) is 18.2 Å². The average Bonchev–Trinajstić information content (AvgIpc) is 2.94. The minimum atomic E-state index is -3.67. The molecular formula is C14H17FN2O5S. The van der Waals surface area contributed by atoms with Gasteiger partial charge in [-0.25, -0.2) is 12.8 Å². The minimum Gasteiger partial charge on any atom is -0.481 e. The van der Waals surface area contributed by atoms with Crippen LogP contribution in [-0.4, -0.2) is 31.7 Å². The van der Waals surface area contributed by atoms with Crippen LogP contribution < -0.4 is 10.0 Å². The van der Waals surface area contributed by atoms with Gasteiger partial charge in [0.15, 0.2) is 0 Å². The minimum absolute atomic E-state index is 0.0636. The predicted octanol–water partition coefficient (Wildman–Crippen LogP) is 1.49. The van der Waals surface area contributed by atoms with E-state index in [0.717, 1.165) is 18.4 Å². The van der Waals surface area contributed by atoms with Gasteiger partial charge < -0.3 is 10.4 Å². The molecule has 23 heavy (non-hydrogen) atoms. The highest BCUT2D eigenvalue weighted by Crippen LogP contribution is 2.58. The second kappa shape index (κ2) is 5.48. The molecule has 2 atom stereocenters. The number of rotatable bonds is 5. The van der Waals surface area contributed by atoms with E-state index in [9.17, 15) is 22.4 Å². The Morgan fingerprint density at radius 1 is 1.22 bits per heavy atom. The van der Waals surface area contributed by atoms with Crippen LogP contribution in [0.2, 0.25) is 0 Å². The van der Waals surface area contributed by atoms with Gasteiger partial charge in [0.25, 0.3) is 0 Å². The molecule has 0 unspecified atom stereocenters. The number of nitrogens with one attached hydrogen (secondary N) is 2. The van der Waals surface area contributed by atoms with E-state index in [1.807, 2.05) is 0 Å². The number of hydrogen-bond donors (Lipinski definition) is 3. The highest BCUT2D eigenvalue weighted by atomic mass is 32.2. The van der Waals surface area contributed by atoms with Gasteiger partial charge in [-0.2, -0.15) is 0 Å². The van der Waals surface area contributed by atoms with Gasteiger partial charge in [0.2, 0.25) is 15.9 Å². The molecule has 0 aromatic heterocycles. The molecule has 1 aliphatic rings. The summed E-state index contributed by atoms with van der Waals surface area (Å²) in [6.45, 7) is 3.33. The van der Waals surface area contributed by atoms with E-state index in [0.29, 0.717) is 0 Å². The van der Waals surface area contributed by atoms with E-state index in [1.165, 1.54) is 6.07 Å². The quantitative estimate of drug-likeness (QED) is 0.749. The lowest BCUT2D eigenvalue weighted by molar-refractivity contribution is -0.140. The summed E-state index contributed by atoms with van der Waals surface area (Å²) in [6.07, 6.45) is 0.897. The molecule has 1 aromatic rings. The molecule has 0 heterocycles. The normalized spacial score (nSPS) is 22.3. The molecule has 1 fully saturated rings. The Morgan fingerprint density at radius 2 is 1.83 bits per heavy atom. The molecule has 2 rings (SSSR count). The first kappa shape index (κ1) is 17.2. The van der Waals surface area contributed by atoms with Crippen molar-refractivity contribution < 1.29 is 27.5 Å². The maximum absolute atomic E-state index is 13.3. The number of halogens is 1. The van der Waals surface area contributed by atoms with E-state index in [4.69, 9.17) is 5.11 Å². The van der Waals surface area contributed by atoms with Crippen LogP contribution in [0, 0.1) is 23.1 Å². The molecule has 1 saturated carbocycles. The Hall–Kier alpha value is -2.16. The van der Waals surface area contributed by atoms with Crippen molar-refractivity contribution in [3.05, 3.63) is 24.0 Å². The predicted molar refractivity (Wildman–Crippen MR) is 81.9 cm³/mol. The van der Waals surface area contributed by atoms with Crippen molar-refractivity contribution in [1.82, 2.24) is 0 Å². The highest BCUT2D eigenvalue weighted by Gasteiger charge is 2.65. The standard InChI is InChI=1S/C14H17FN2O5S/c1-14(2)10(11(14)13(19)20)12(18)16-8-5-4-7(15)6-9(8)17-23(3,21)22/h4-6,10-11,17H,1-3H3,(H,16,18)(H,19,20)/t10-,11+/m1/s1. The van der Waals surface area contributed by atoms with E-state index in [-0.39, 0.29) is 11.4 Å². The van der Waals surface area contributed by atoms with Crippen molar-refractivity contribution in [3.63, 3.8) is 0 Å². The molecule has 0 aliphatic heterocycles. The Labute approximate surface area is 132 Å². The van der Waals surface area contributed by atoms with Crippen LogP contribution in [0.1, 0.15) is 13.8 Å². The van der Waals surface area contributed by atoms with E-state index in [2.05, 4.69) is 10.0 Å². The number of hydrogen-bond acceptors (Lipinski definition) is 4. The molecule has 126 valence electrons. The monoisotopic (exact) mass is 344 g/mol. The smallest absolute Gasteiger partial charge is 0.307 e. The summed E-state index contributed by atoms with van der Waals surface area (Å²) in [5.41, 5.74) is -0.750. The van der Waals surface area contributed by atoms with Crippen molar-refractivity contribution in [2.45, 2.75) is 13.8 Å². The molecule has 0 bridgehead atoms. The largest absolute Gasteiger partial charge is 0.481 e. The van der Waals surface area contributed by atoms with Crippen molar-refractivity contribution in [3.8, 4) is 0 Å². The number of carbonyl (C=O) groups is 2. The van der Waals surface area contributed by atoms with E-state index >= 15 is 0 Å². The van der Waals surface area contributed by atoms with E-state index < -0.39 is 45.0 Å². The lowest BCUT2D eigenvalue weighted by atomic mass is 10.1. The Morgan fingerprint density at radius 3 is 2.30 bits per heavy atom. The summed E-state index contributed by atoms with van der Waals surface area (Å²) in [4.78, 5) is 23.4. The molecule has 1 aromatic carbocycles. The number of benzene rings is 1. The Bertz CT molecular complexity index is 775. The zero-order valence-electron chi connectivity index (χ0n) is 12.8. The zero-order valence-corrected chi connectivity index (χ0v) is 13.6. The number of sulfonamides is 1. The van der Waals surface area contributed by atoms with Crippen LogP contribution in [-0.2, 0) is 19.6 Å². The van der Waals surface area contributed by atoms with Gasteiger partial charge in [0.1, 0.15) is 5.82 Å². The first-order valence-electron chi connectivity index (χ1n) is 6.74. The number of carbonyl (C=O) groups excluding carboxylic acids is 1. The summed E-state index contributed by atoms with van der Waals surface area (Å²) in [6, 6.07) is 3.21. The van der Waals surface area contributed by atoms with Crippen LogP contribution in [0.3, 0.4) is 0 Å². The first-order valence-corrected chi connectivity index (χ1v) is 8.63. The number of carboxylic acid groups (broad SMARTS) is 1. The van der Waals surface area contributed by atoms with Crippen molar-refractivity contribution in [2.75, 3.05) is 16.3 Å². The number of aliphatic carboxylic acids is 1. The first-order chi connectivity index (χ1) is 10.4. The number of amides is 1. The third-order valence-electron chi connectivity index (χ3n) is 3.91. The van der Waals surface area contributed by atoms with Crippen LogP contribution in [0.4, 0.5) is 15.8 Å². The fraction of sp³-hybridized carbons (Fsp3) is 0.429. The number of anilines is 2. The summed E-state index contributed by atoms with van der Waals surface area (Å²) >= 11 is 0. The maximum Gasteiger partial charge on any atom is 0.307 e. The summed E-state index contributed by atoms with van der Waals surface area (Å²) in [5, 5.41) is 11.6. The maximum atomic E-state index is 13.3. The van der Waals surface area contributed by atoms with Crippen molar-refractivity contribution in [1.29, 1.82) is 0 Å². The van der Waals surface area contributed by atoms with Crippen molar-refractivity contribution in [2.24, 2.45) is 17.3 Å². The fourth-order valence-corrected chi connectivity index (χ4v) is 3.28. The molecule has 0 radical (unpaired) electrons. The molecule has 3 N–H and O–H groups in total.